The van der Waals surface area contributed by atoms with Gasteiger partial charge in [-0.25, -0.2) is 4.79 Å². The number of rotatable bonds is 4. The van der Waals surface area contributed by atoms with E-state index in [0.29, 0.717) is 12.0 Å². The van der Waals surface area contributed by atoms with Crippen LogP contribution in [0.25, 0.3) is 0 Å². The number of carbonyl (C=O) groups is 1. The van der Waals surface area contributed by atoms with Gasteiger partial charge in [0, 0.05) is 6.42 Å². The van der Waals surface area contributed by atoms with Crippen molar-refractivity contribution >= 4 is 5.97 Å². The van der Waals surface area contributed by atoms with Crippen LogP contribution in [-0.2, 0) is 4.74 Å². The first kappa shape index (κ1) is 11.1. The molecule has 0 bridgehead atoms. The maximum absolute atomic E-state index is 11.5. The molecule has 1 aromatic rings. The third-order valence-electron chi connectivity index (χ3n) is 1.83. The van der Waals surface area contributed by atoms with Crippen molar-refractivity contribution < 1.29 is 9.53 Å². The van der Waals surface area contributed by atoms with Crippen molar-refractivity contribution in [3.05, 3.63) is 48.6 Å². The maximum Gasteiger partial charge on any atom is 0.339 e. The number of terminal acetylenes is 1. The van der Waals surface area contributed by atoms with Gasteiger partial charge in [0.1, 0.15) is 0 Å². The number of ether oxygens (including phenoxy) is 1. The van der Waals surface area contributed by atoms with Crippen LogP contribution in [0, 0.1) is 12.3 Å². The predicted octanol–water partition coefficient (Wildman–Crippen LogP) is 2.42. The van der Waals surface area contributed by atoms with Crippen molar-refractivity contribution in [3.63, 3.8) is 0 Å². The van der Waals surface area contributed by atoms with Crippen LogP contribution in [0.3, 0.4) is 0 Å². The van der Waals surface area contributed by atoms with Gasteiger partial charge in [0.2, 0.25) is 0 Å². The van der Waals surface area contributed by atoms with Gasteiger partial charge in [-0.05, 0) is 12.1 Å². The van der Waals surface area contributed by atoms with Gasteiger partial charge in [-0.3, -0.25) is 0 Å². The lowest BCUT2D eigenvalue weighted by Crippen LogP contribution is -2.15. The molecular formula is C13H12O2. The molecular weight excluding hydrogens is 188 g/mol. The van der Waals surface area contributed by atoms with Crippen molar-refractivity contribution in [1.82, 2.24) is 0 Å². The van der Waals surface area contributed by atoms with E-state index >= 15 is 0 Å². The summed E-state index contributed by atoms with van der Waals surface area (Å²) in [5, 5.41) is 0. The average molecular weight is 200 g/mol. The lowest BCUT2D eigenvalue weighted by molar-refractivity contribution is 0.0415. The Morgan fingerprint density at radius 3 is 2.73 bits per heavy atom. The Bertz CT molecular complexity index is 373. The van der Waals surface area contributed by atoms with E-state index in [2.05, 4.69) is 12.5 Å². The summed E-state index contributed by atoms with van der Waals surface area (Å²) in [5.41, 5.74) is 0.502. The Hall–Kier alpha value is -2.01. The average Bonchev–Trinajstić information content (AvgIpc) is 2.29. The Kier molecular flexibility index (Phi) is 4.18. The largest absolute Gasteiger partial charge is 0.445 e. The van der Waals surface area contributed by atoms with Gasteiger partial charge in [-0.2, -0.15) is 0 Å². The lowest BCUT2D eigenvalue weighted by Gasteiger charge is -2.09. The molecule has 0 heterocycles. The highest BCUT2D eigenvalue weighted by molar-refractivity contribution is 5.89. The van der Waals surface area contributed by atoms with Crippen LogP contribution in [0.2, 0.25) is 0 Å². The number of hydrogen-bond donors (Lipinski definition) is 0. The number of esters is 1. The second-order valence-corrected chi connectivity index (χ2v) is 2.95. The van der Waals surface area contributed by atoms with Crippen LogP contribution in [0.4, 0.5) is 0 Å². The maximum atomic E-state index is 11.5. The molecule has 0 spiro atoms. The van der Waals surface area contributed by atoms with E-state index in [0.717, 1.165) is 0 Å². The zero-order chi connectivity index (χ0) is 11.1. The Balaban J connectivity index is 2.63. The van der Waals surface area contributed by atoms with E-state index in [-0.39, 0.29) is 0 Å². The van der Waals surface area contributed by atoms with Gasteiger partial charge < -0.3 is 4.74 Å². The summed E-state index contributed by atoms with van der Waals surface area (Å²) in [7, 11) is 0. The molecule has 1 aromatic carbocycles. The molecule has 1 atom stereocenters. The number of hydrogen-bond acceptors (Lipinski definition) is 2. The highest BCUT2D eigenvalue weighted by atomic mass is 16.5. The van der Waals surface area contributed by atoms with Crippen molar-refractivity contribution in [2.75, 3.05) is 0 Å². The van der Waals surface area contributed by atoms with Crippen molar-refractivity contribution in [1.29, 1.82) is 0 Å². The van der Waals surface area contributed by atoms with E-state index in [9.17, 15) is 4.79 Å². The first-order valence-electron chi connectivity index (χ1n) is 4.61. The third-order valence-corrected chi connectivity index (χ3v) is 1.83. The second kappa shape index (κ2) is 5.66. The van der Waals surface area contributed by atoms with Gasteiger partial charge in [-0.1, -0.05) is 30.2 Å². The van der Waals surface area contributed by atoms with Gasteiger partial charge in [0.15, 0.2) is 6.10 Å². The highest BCUT2D eigenvalue weighted by Gasteiger charge is 2.11. The van der Waals surface area contributed by atoms with Gasteiger partial charge in [0.25, 0.3) is 0 Å². The normalized spacial score (nSPS) is 11.1. The van der Waals surface area contributed by atoms with Crippen molar-refractivity contribution in [3.8, 4) is 12.3 Å². The Labute approximate surface area is 89.6 Å². The van der Waals surface area contributed by atoms with Gasteiger partial charge >= 0.3 is 5.97 Å². The van der Waals surface area contributed by atoms with Gasteiger partial charge in [-0.15, -0.1) is 13.0 Å². The smallest absolute Gasteiger partial charge is 0.339 e. The third kappa shape index (κ3) is 3.32. The molecule has 0 aliphatic carbocycles. The van der Waals surface area contributed by atoms with E-state index in [1.807, 2.05) is 6.07 Å². The number of benzene rings is 1. The second-order valence-electron chi connectivity index (χ2n) is 2.95. The topological polar surface area (TPSA) is 26.3 Å². The Morgan fingerprint density at radius 2 is 2.20 bits per heavy atom. The standard InChI is InChI=1S/C13H12O2/c1-3-8-12(4-2)15-13(14)11-9-6-5-7-10-11/h2-3,5-7,9-10,12H,1,8H2/t12-/m0/s1. The Morgan fingerprint density at radius 1 is 1.53 bits per heavy atom. The molecule has 0 saturated carbocycles. The summed E-state index contributed by atoms with van der Waals surface area (Å²) in [6, 6.07) is 8.75. The molecule has 0 amide bonds. The van der Waals surface area contributed by atoms with E-state index in [4.69, 9.17) is 11.2 Å². The lowest BCUT2D eigenvalue weighted by atomic mass is 10.2. The van der Waals surface area contributed by atoms with Crippen LogP contribution in [-0.4, -0.2) is 12.1 Å². The molecule has 0 aliphatic heterocycles. The fourth-order valence-corrected chi connectivity index (χ4v) is 1.07. The summed E-state index contributed by atoms with van der Waals surface area (Å²) < 4.78 is 5.08. The first-order valence-corrected chi connectivity index (χ1v) is 4.61. The zero-order valence-corrected chi connectivity index (χ0v) is 8.35. The molecule has 1 rings (SSSR count). The zero-order valence-electron chi connectivity index (χ0n) is 8.35. The molecule has 0 aliphatic rings. The molecule has 15 heavy (non-hydrogen) atoms. The van der Waals surface area contributed by atoms with E-state index in [1.165, 1.54) is 0 Å². The molecule has 0 unspecified atom stereocenters. The highest BCUT2D eigenvalue weighted by Crippen LogP contribution is 2.05. The molecule has 0 N–H and O–H groups in total. The summed E-state index contributed by atoms with van der Waals surface area (Å²) >= 11 is 0. The molecule has 0 fully saturated rings. The fourth-order valence-electron chi connectivity index (χ4n) is 1.07. The van der Waals surface area contributed by atoms with Crippen LogP contribution in [0.1, 0.15) is 16.8 Å². The molecule has 2 heteroatoms. The minimum absolute atomic E-state index is 0.402. The van der Waals surface area contributed by atoms with Crippen LogP contribution in [0.15, 0.2) is 43.0 Å². The monoisotopic (exact) mass is 200 g/mol. The fraction of sp³-hybridized carbons (Fsp3) is 0.154. The quantitative estimate of drug-likeness (QED) is 0.424. The molecule has 0 saturated heterocycles. The molecule has 0 radical (unpaired) electrons. The summed E-state index contributed by atoms with van der Waals surface area (Å²) in [6.07, 6.45) is 6.77. The molecule has 76 valence electrons. The SMILES string of the molecule is C#C[C@@H](CC=C)OC(=O)c1ccccc1. The van der Waals surface area contributed by atoms with Crippen molar-refractivity contribution in [2.24, 2.45) is 0 Å². The number of carbonyl (C=O) groups excluding carboxylic acids is 1. The van der Waals surface area contributed by atoms with E-state index in [1.54, 1.807) is 30.3 Å². The van der Waals surface area contributed by atoms with E-state index < -0.39 is 12.1 Å². The molecule has 2 nitrogen and oxygen atoms in total. The minimum Gasteiger partial charge on any atom is -0.445 e. The van der Waals surface area contributed by atoms with Crippen molar-refractivity contribution in [2.45, 2.75) is 12.5 Å². The van der Waals surface area contributed by atoms with Gasteiger partial charge in [0.05, 0.1) is 5.56 Å². The molecule has 0 aromatic heterocycles. The van der Waals surface area contributed by atoms with Crippen LogP contribution in [0.5, 0.6) is 0 Å². The summed E-state index contributed by atoms with van der Waals surface area (Å²) in [4.78, 5) is 11.5. The summed E-state index contributed by atoms with van der Waals surface area (Å²) in [5.74, 6) is 1.99. The van der Waals surface area contributed by atoms with Crippen LogP contribution >= 0.6 is 0 Å². The van der Waals surface area contributed by atoms with Crippen LogP contribution < -0.4 is 0 Å². The summed E-state index contributed by atoms with van der Waals surface area (Å²) in [6.45, 7) is 3.54. The predicted molar refractivity (Wildman–Crippen MR) is 59.3 cm³/mol. The first-order chi connectivity index (χ1) is 7.27. The minimum atomic E-state index is -0.532.